The number of carbonyl (C=O) groups excluding carboxylic acids is 1. The summed E-state index contributed by atoms with van der Waals surface area (Å²) >= 11 is 0. The summed E-state index contributed by atoms with van der Waals surface area (Å²) in [7, 11) is 0. The predicted molar refractivity (Wildman–Crippen MR) is 172 cm³/mol. The fourth-order valence-electron chi connectivity index (χ4n) is 6.86. The van der Waals surface area contributed by atoms with Crippen molar-refractivity contribution in [2.24, 2.45) is 5.92 Å². The summed E-state index contributed by atoms with van der Waals surface area (Å²) in [6.45, 7) is 11.6. The number of benzene rings is 1. The number of piperidine rings is 2. The first kappa shape index (κ1) is 31.3. The molecule has 1 aliphatic carbocycles. The van der Waals surface area contributed by atoms with Crippen LogP contribution in [0.25, 0.3) is 22.4 Å². The first-order valence-electron chi connectivity index (χ1n) is 16.4. The first-order valence-corrected chi connectivity index (χ1v) is 16.4. The van der Waals surface area contributed by atoms with Crippen LogP contribution in [-0.2, 0) is 9.47 Å². The SMILES string of the molecule is C[C@H](C1CCN([C@H]2C[C@H](OC3CCN(C(=O)OC(C)(C)C)CC3)C2)CC1)n1cc(-c2cc(-c3ccccc3O)nnc2N)cn1. The van der Waals surface area contributed by atoms with E-state index < -0.39 is 5.60 Å². The van der Waals surface area contributed by atoms with Gasteiger partial charge in [0, 0.05) is 42.0 Å². The Kier molecular flexibility index (Phi) is 9.01. The van der Waals surface area contributed by atoms with Crippen LogP contribution in [0.2, 0.25) is 0 Å². The lowest BCUT2D eigenvalue weighted by Crippen LogP contribution is -2.52. The Bertz CT molecular complexity index is 1470. The molecule has 0 radical (unpaired) electrons. The van der Waals surface area contributed by atoms with Crippen LogP contribution in [0, 0.1) is 5.92 Å². The van der Waals surface area contributed by atoms with Crippen LogP contribution >= 0.6 is 0 Å². The van der Waals surface area contributed by atoms with Crippen molar-refractivity contribution in [1.29, 1.82) is 0 Å². The maximum Gasteiger partial charge on any atom is 0.410 e. The van der Waals surface area contributed by atoms with Gasteiger partial charge in [-0.3, -0.25) is 4.68 Å². The second kappa shape index (κ2) is 13.0. The van der Waals surface area contributed by atoms with E-state index in [9.17, 15) is 9.90 Å². The normalized spacial score (nSPS) is 22.6. The maximum atomic E-state index is 12.3. The quantitative estimate of drug-likeness (QED) is 0.352. The lowest BCUT2D eigenvalue weighted by molar-refractivity contribution is -0.107. The number of hydrogen-bond donors (Lipinski definition) is 2. The lowest BCUT2D eigenvalue weighted by Gasteiger charge is -2.47. The minimum atomic E-state index is -0.464. The topological polar surface area (TPSA) is 132 Å². The number of hydrogen-bond acceptors (Lipinski definition) is 9. The molecule has 3 aliphatic rings. The minimum Gasteiger partial charge on any atom is -0.507 e. The number of phenols is 1. The molecule has 4 heterocycles. The highest BCUT2D eigenvalue weighted by atomic mass is 16.6. The zero-order valence-electron chi connectivity index (χ0n) is 26.9. The molecule has 0 spiro atoms. The summed E-state index contributed by atoms with van der Waals surface area (Å²) < 4.78 is 14.0. The van der Waals surface area contributed by atoms with Crippen molar-refractivity contribution in [3.05, 3.63) is 42.7 Å². The zero-order valence-corrected chi connectivity index (χ0v) is 26.9. The van der Waals surface area contributed by atoms with Gasteiger partial charge in [0.15, 0.2) is 5.82 Å². The van der Waals surface area contributed by atoms with Crippen molar-refractivity contribution in [3.63, 3.8) is 0 Å². The summed E-state index contributed by atoms with van der Waals surface area (Å²) in [5.41, 5.74) is 8.58. The molecule has 242 valence electrons. The molecule has 0 bridgehead atoms. The number of amides is 1. The molecule has 6 rings (SSSR count). The molecule has 3 fully saturated rings. The third kappa shape index (κ3) is 7.25. The Morgan fingerprint density at radius 3 is 2.40 bits per heavy atom. The number of likely N-dealkylation sites (tertiary alicyclic amines) is 2. The van der Waals surface area contributed by atoms with E-state index in [1.165, 1.54) is 0 Å². The van der Waals surface area contributed by atoms with Crippen molar-refractivity contribution in [1.82, 2.24) is 29.8 Å². The van der Waals surface area contributed by atoms with Crippen molar-refractivity contribution in [3.8, 4) is 28.1 Å². The molecule has 3 aromatic rings. The van der Waals surface area contributed by atoms with Gasteiger partial charge >= 0.3 is 6.09 Å². The Balaban J connectivity index is 0.955. The van der Waals surface area contributed by atoms with E-state index in [0.717, 1.165) is 62.7 Å². The number of nitrogens with two attached hydrogens (primary N) is 1. The maximum absolute atomic E-state index is 12.3. The third-order valence-corrected chi connectivity index (χ3v) is 9.65. The molecule has 2 aromatic heterocycles. The van der Waals surface area contributed by atoms with Crippen LogP contribution in [0.4, 0.5) is 10.6 Å². The number of nitrogen functional groups attached to an aromatic ring is 1. The third-order valence-electron chi connectivity index (χ3n) is 9.65. The number of carbonyl (C=O) groups is 1. The van der Waals surface area contributed by atoms with Crippen molar-refractivity contribution in [2.45, 2.75) is 96.1 Å². The van der Waals surface area contributed by atoms with Crippen molar-refractivity contribution < 1.29 is 19.4 Å². The van der Waals surface area contributed by atoms with Gasteiger partial charge in [0.05, 0.1) is 30.1 Å². The number of nitrogens with zero attached hydrogens (tertiary/aromatic N) is 6. The van der Waals surface area contributed by atoms with Crippen LogP contribution in [0.5, 0.6) is 5.75 Å². The molecular weight excluding hydrogens is 570 g/mol. The van der Waals surface area contributed by atoms with Gasteiger partial charge in [0.2, 0.25) is 0 Å². The highest BCUT2D eigenvalue weighted by Gasteiger charge is 2.39. The smallest absolute Gasteiger partial charge is 0.410 e. The van der Waals surface area contributed by atoms with Crippen LogP contribution < -0.4 is 5.73 Å². The monoisotopic (exact) mass is 617 g/mol. The number of rotatable bonds is 7. The Hall–Kier alpha value is -3.70. The Morgan fingerprint density at radius 2 is 1.71 bits per heavy atom. The van der Waals surface area contributed by atoms with Crippen LogP contribution in [-0.4, -0.2) is 91.0 Å². The van der Waals surface area contributed by atoms with Gasteiger partial charge in [-0.1, -0.05) is 12.1 Å². The molecular formula is C34H47N7O4. The molecule has 1 aromatic carbocycles. The molecule has 1 amide bonds. The zero-order chi connectivity index (χ0) is 31.7. The molecule has 11 heteroatoms. The number of para-hydroxylation sites is 1. The van der Waals surface area contributed by atoms with Crippen LogP contribution in [0.1, 0.15) is 72.3 Å². The standard InChI is InChI=1S/C34H47N7O4/c1-22(41-21-24(20-36-41)29-19-30(37-38-32(29)35)28-7-5-6-8-31(28)42)23-9-13-39(14-10-23)25-17-27(18-25)44-26-11-15-40(16-12-26)33(43)45-34(2,3)4/h5-8,19-23,25-27,42H,9-18H2,1-4H3,(H2,35,38)/t22-,25-,27-/m1/s1. The van der Waals surface area contributed by atoms with E-state index in [2.05, 4.69) is 26.7 Å². The summed E-state index contributed by atoms with van der Waals surface area (Å²) in [5.74, 6) is 1.03. The largest absolute Gasteiger partial charge is 0.507 e. The molecule has 3 N–H and O–H groups in total. The summed E-state index contributed by atoms with van der Waals surface area (Å²) in [6, 6.07) is 9.81. The molecule has 0 unspecified atom stereocenters. The average molecular weight is 618 g/mol. The van der Waals surface area contributed by atoms with E-state index in [-0.39, 0.29) is 24.0 Å². The summed E-state index contributed by atoms with van der Waals surface area (Å²) in [5, 5.41) is 23.4. The summed E-state index contributed by atoms with van der Waals surface area (Å²) in [6.07, 6.45) is 10.4. The van der Waals surface area contributed by atoms with Gasteiger partial charge in [-0.25, -0.2) is 4.79 Å². The van der Waals surface area contributed by atoms with Gasteiger partial charge in [-0.2, -0.15) is 5.10 Å². The lowest BCUT2D eigenvalue weighted by atomic mass is 9.83. The Labute approximate surface area is 265 Å². The number of aromatic hydroxyl groups is 1. The molecule has 2 saturated heterocycles. The molecule has 1 saturated carbocycles. The van der Waals surface area contributed by atoms with E-state index in [4.69, 9.17) is 20.3 Å². The second-order valence-electron chi connectivity index (χ2n) is 13.9. The van der Waals surface area contributed by atoms with Gasteiger partial charge < -0.3 is 30.1 Å². The molecule has 11 nitrogen and oxygen atoms in total. The van der Waals surface area contributed by atoms with Crippen molar-refractivity contribution >= 4 is 11.9 Å². The fourth-order valence-corrected chi connectivity index (χ4v) is 6.86. The second-order valence-corrected chi connectivity index (χ2v) is 13.9. The number of phenolic OH excluding ortho intramolecular Hbond substituents is 1. The van der Waals surface area contributed by atoms with Gasteiger partial charge in [-0.05, 0) is 103 Å². The van der Waals surface area contributed by atoms with Gasteiger partial charge in [0.25, 0.3) is 0 Å². The molecule has 45 heavy (non-hydrogen) atoms. The average Bonchev–Trinajstić information content (AvgIpc) is 3.49. The summed E-state index contributed by atoms with van der Waals surface area (Å²) in [4.78, 5) is 16.8. The van der Waals surface area contributed by atoms with E-state index >= 15 is 0 Å². The number of anilines is 1. The molecule has 1 atom stereocenters. The van der Waals surface area contributed by atoms with E-state index in [0.29, 0.717) is 48.2 Å². The first-order chi connectivity index (χ1) is 21.5. The Morgan fingerprint density at radius 1 is 1.00 bits per heavy atom. The number of ether oxygens (including phenoxy) is 2. The number of aromatic nitrogens is 4. The van der Waals surface area contributed by atoms with Gasteiger partial charge in [-0.15, -0.1) is 10.2 Å². The van der Waals surface area contributed by atoms with Crippen LogP contribution in [0.3, 0.4) is 0 Å². The van der Waals surface area contributed by atoms with Gasteiger partial charge in [0.1, 0.15) is 11.4 Å². The molecule has 2 aliphatic heterocycles. The highest BCUT2D eigenvalue weighted by Crippen LogP contribution is 2.37. The minimum absolute atomic E-state index is 0.153. The predicted octanol–water partition coefficient (Wildman–Crippen LogP) is 5.52. The fraction of sp³-hybridized carbons (Fsp3) is 0.588. The highest BCUT2D eigenvalue weighted by molar-refractivity contribution is 5.78. The van der Waals surface area contributed by atoms with E-state index in [1.54, 1.807) is 12.1 Å². The van der Waals surface area contributed by atoms with Crippen LogP contribution in [0.15, 0.2) is 42.7 Å². The van der Waals surface area contributed by atoms with E-state index in [1.807, 2.05) is 56.3 Å². The van der Waals surface area contributed by atoms with Crippen molar-refractivity contribution in [2.75, 3.05) is 31.9 Å².